The molecule has 88 valence electrons. The molecule has 0 fully saturated rings. The lowest BCUT2D eigenvalue weighted by atomic mass is 10.1. The smallest absolute Gasteiger partial charge is 0.310 e. The third-order valence-corrected chi connectivity index (χ3v) is 3.07. The fourth-order valence-electron chi connectivity index (χ4n) is 1.21. The summed E-state index contributed by atoms with van der Waals surface area (Å²) in [5, 5.41) is 0. The lowest BCUT2D eigenvalue weighted by Crippen LogP contribution is -2.09. The summed E-state index contributed by atoms with van der Waals surface area (Å²) in [6, 6.07) is 0. The van der Waals surface area contributed by atoms with E-state index in [0.717, 1.165) is 6.20 Å². The maximum absolute atomic E-state index is 12.6. The lowest BCUT2D eigenvalue weighted by molar-refractivity contribution is -0.139. The van der Waals surface area contributed by atoms with Gasteiger partial charge in [0, 0.05) is 16.4 Å². The van der Waals surface area contributed by atoms with Crippen molar-refractivity contribution in [2.24, 2.45) is 0 Å². The van der Waals surface area contributed by atoms with E-state index in [1.165, 1.54) is 7.11 Å². The van der Waals surface area contributed by atoms with Gasteiger partial charge in [-0.3, -0.25) is 9.78 Å². The Morgan fingerprint density at radius 1 is 1.62 bits per heavy atom. The van der Waals surface area contributed by atoms with Crippen molar-refractivity contribution < 1.29 is 18.3 Å². The monoisotopic (exact) mass is 293 g/mol. The van der Waals surface area contributed by atoms with Crippen LogP contribution < -0.4 is 0 Å². The number of halogens is 3. The number of esters is 1. The molecule has 0 aromatic carbocycles. The van der Waals surface area contributed by atoms with Crippen LogP contribution in [0.1, 0.15) is 23.2 Å². The number of nitrogens with zero attached hydrogens (tertiary/aromatic N) is 1. The van der Waals surface area contributed by atoms with Crippen molar-refractivity contribution in [3.05, 3.63) is 27.5 Å². The molecule has 0 aliphatic carbocycles. The maximum Gasteiger partial charge on any atom is 0.310 e. The molecule has 1 aromatic rings. The summed E-state index contributed by atoms with van der Waals surface area (Å²) in [5.41, 5.74) is 0.746. The van der Waals surface area contributed by atoms with Crippen LogP contribution in [-0.2, 0) is 16.0 Å². The first-order valence-electron chi connectivity index (χ1n) is 4.46. The Morgan fingerprint density at radius 2 is 2.25 bits per heavy atom. The Labute approximate surface area is 99.9 Å². The number of hydrogen-bond acceptors (Lipinski definition) is 3. The minimum atomic E-state index is -2.63. The molecule has 0 saturated heterocycles. The van der Waals surface area contributed by atoms with Crippen molar-refractivity contribution in [1.29, 1.82) is 0 Å². The van der Waals surface area contributed by atoms with Gasteiger partial charge in [0.2, 0.25) is 0 Å². The molecule has 16 heavy (non-hydrogen) atoms. The normalized spacial score (nSPS) is 10.6. The zero-order valence-electron chi connectivity index (χ0n) is 8.76. The number of ether oxygens (including phenoxy) is 1. The highest BCUT2D eigenvalue weighted by molar-refractivity contribution is 9.10. The summed E-state index contributed by atoms with van der Waals surface area (Å²) in [6.07, 6.45) is -1.60. The number of alkyl halides is 2. The van der Waals surface area contributed by atoms with Crippen LogP contribution in [0.15, 0.2) is 10.7 Å². The zero-order chi connectivity index (χ0) is 12.3. The van der Waals surface area contributed by atoms with Gasteiger partial charge in [0.15, 0.2) is 0 Å². The van der Waals surface area contributed by atoms with E-state index in [9.17, 15) is 13.6 Å². The first kappa shape index (κ1) is 13.0. The second kappa shape index (κ2) is 5.34. The molecule has 0 unspecified atom stereocenters. The Bertz CT molecular complexity index is 410. The molecule has 0 aliphatic heterocycles. The van der Waals surface area contributed by atoms with Gasteiger partial charge in [-0.25, -0.2) is 8.78 Å². The van der Waals surface area contributed by atoms with Gasteiger partial charge in [-0.15, -0.1) is 0 Å². The number of hydrogen-bond donors (Lipinski definition) is 0. The zero-order valence-corrected chi connectivity index (χ0v) is 10.3. The van der Waals surface area contributed by atoms with Gasteiger partial charge in [-0.1, -0.05) is 0 Å². The fraction of sp³-hybridized carbons (Fsp3) is 0.400. The van der Waals surface area contributed by atoms with Gasteiger partial charge in [0.05, 0.1) is 19.1 Å². The molecular formula is C10H10BrF2NO2. The number of methoxy groups -OCH3 is 1. The first-order chi connectivity index (χ1) is 7.47. The van der Waals surface area contributed by atoms with Crippen molar-refractivity contribution >= 4 is 21.9 Å². The van der Waals surface area contributed by atoms with E-state index in [0.29, 0.717) is 11.3 Å². The van der Waals surface area contributed by atoms with Crippen LogP contribution in [-0.4, -0.2) is 18.1 Å². The summed E-state index contributed by atoms with van der Waals surface area (Å²) in [6.45, 7) is 1.65. The van der Waals surface area contributed by atoms with E-state index in [-0.39, 0.29) is 16.5 Å². The number of carbonyl (C=O) groups is 1. The highest BCUT2D eigenvalue weighted by atomic mass is 79.9. The average Bonchev–Trinajstić information content (AvgIpc) is 2.23. The summed E-state index contributed by atoms with van der Waals surface area (Å²) < 4.78 is 29.9. The summed E-state index contributed by atoms with van der Waals surface area (Å²) >= 11 is 3.06. The number of aryl methyl sites for hydroxylation is 1. The molecule has 6 heteroatoms. The van der Waals surface area contributed by atoms with E-state index in [2.05, 4.69) is 25.7 Å². The van der Waals surface area contributed by atoms with E-state index in [1.54, 1.807) is 6.92 Å². The third-order valence-electron chi connectivity index (χ3n) is 2.14. The Hall–Kier alpha value is -1.04. The van der Waals surface area contributed by atoms with Crippen molar-refractivity contribution in [2.45, 2.75) is 19.8 Å². The third kappa shape index (κ3) is 2.75. The van der Waals surface area contributed by atoms with E-state index in [4.69, 9.17) is 0 Å². The highest BCUT2D eigenvalue weighted by Gasteiger charge is 2.19. The van der Waals surface area contributed by atoms with Crippen LogP contribution in [0.3, 0.4) is 0 Å². The van der Waals surface area contributed by atoms with E-state index in [1.807, 2.05) is 0 Å². The molecule has 0 N–H and O–H groups in total. The van der Waals surface area contributed by atoms with Crippen molar-refractivity contribution in [3.63, 3.8) is 0 Å². The van der Waals surface area contributed by atoms with Crippen LogP contribution in [0.25, 0.3) is 0 Å². The highest BCUT2D eigenvalue weighted by Crippen LogP contribution is 2.31. The largest absolute Gasteiger partial charge is 0.469 e. The Morgan fingerprint density at radius 3 is 2.75 bits per heavy atom. The standard InChI is InChI=1S/C10H10BrF2NO2/c1-5-6(3-8(15)16-2)9(11)7(4-14-5)10(12)13/h4,10H,3H2,1-2H3. The molecule has 1 aromatic heterocycles. The van der Waals surface area contributed by atoms with Crippen LogP contribution in [0.2, 0.25) is 0 Å². The molecule has 1 rings (SSSR count). The first-order valence-corrected chi connectivity index (χ1v) is 5.25. The number of aromatic nitrogens is 1. The maximum atomic E-state index is 12.6. The van der Waals surface area contributed by atoms with Gasteiger partial charge < -0.3 is 4.74 Å². The Balaban J connectivity index is 3.16. The molecule has 0 amide bonds. The molecule has 1 heterocycles. The Kier molecular flexibility index (Phi) is 4.35. The summed E-state index contributed by atoms with van der Waals surface area (Å²) in [7, 11) is 1.25. The predicted molar refractivity (Wildman–Crippen MR) is 57.4 cm³/mol. The van der Waals surface area contributed by atoms with E-state index < -0.39 is 12.4 Å². The van der Waals surface area contributed by atoms with Crippen molar-refractivity contribution in [1.82, 2.24) is 4.98 Å². The minimum Gasteiger partial charge on any atom is -0.469 e. The number of rotatable bonds is 3. The summed E-state index contributed by atoms with van der Waals surface area (Å²) in [5.74, 6) is -0.489. The number of pyridine rings is 1. The topological polar surface area (TPSA) is 39.2 Å². The van der Waals surface area contributed by atoms with Gasteiger partial charge in [-0.05, 0) is 28.4 Å². The fourth-order valence-corrected chi connectivity index (χ4v) is 1.91. The number of carbonyl (C=O) groups excluding carboxylic acids is 1. The van der Waals surface area contributed by atoms with Crippen LogP contribution in [0, 0.1) is 6.92 Å². The molecule has 0 radical (unpaired) electrons. The minimum absolute atomic E-state index is 0.0729. The molecule has 0 aliphatic rings. The van der Waals surface area contributed by atoms with Gasteiger partial charge >= 0.3 is 5.97 Å². The molecule has 0 spiro atoms. The van der Waals surface area contributed by atoms with Crippen LogP contribution in [0.5, 0.6) is 0 Å². The second-order valence-corrected chi connectivity index (χ2v) is 3.94. The van der Waals surface area contributed by atoms with E-state index >= 15 is 0 Å². The van der Waals surface area contributed by atoms with Crippen molar-refractivity contribution in [2.75, 3.05) is 7.11 Å². The molecule has 0 atom stereocenters. The van der Waals surface area contributed by atoms with Crippen molar-refractivity contribution in [3.8, 4) is 0 Å². The van der Waals surface area contributed by atoms with Gasteiger partial charge in [0.25, 0.3) is 6.43 Å². The molecule has 3 nitrogen and oxygen atoms in total. The average molecular weight is 294 g/mol. The molecule has 0 bridgehead atoms. The quantitative estimate of drug-likeness (QED) is 0.805. The SMILES string of the molecule is COC(=O)Cc1c(C)ncc(C(F)F)c1Br. The van der Waals surface area contributed by atoms with Crippen LogP contribution in [0.4, 0.5) is 8.78 Å². The van der Waals surface area contributed by atoms with Gasteiger partial charge in [-0.2, -0.15) is 0 Å². The lowest BCUT2D eigenvalue weighted by Gasteiger charge is -2.10. The molecular weight excluding hydrogens is 284 g/mol. The van der Waals surface area contributed by atoms with Gasteiger partial charge in [0.1, 0.15) is 0 Å². The summed E-state index contributed by atoms with van der Waals surface area (Å²) in [4.78, 5) is 14.9. The van der Waals surface area contributed by atoms with Crippen LogP contribution >= 0.6 is 15.9 Å². The predicted octanol–water partition coefficient (Wildman–Crippen LogP) is 2.81. The molecule has 0 saturated carbocycles. The second-order valence-electron chi connectivity index (χ2n) is 3.15.